The van der Waals surface area contributed by atoms with Gasteiger partial charge < -0.3 is 15.4 Å². The molecule has 0 bridgehead atoms. The quantitative estimate of drug-likeness (QED) is 0.661. The maximum absolute atomic E-state index is 12.1. The highest BCUT2D eigenvalue weighted by atomic mass is 16.5. The SMILES string of the molecule is O=C(C[C@@H]1Nc2ccccc2OC1=O)NC1CCCCC1. The van der Waals surface area contributed by atoms with Gasteiger partial charge in [0.05, 0.1) is 12.1 Å². The van der Waals surface area contributed by atoms with Gasteiger partial charge in [0, 0.05) is 6.04 Å². The van der Waals surface area contributed by atoms with E-state index < -0.39 is 12.0 Å². The first kappa shape index (κ1) is 13.9. The molecule has 0 saturated heterocycles. The van der Waals surface area contributed by atoms with Gasteiger partial charge in [-0.3, -0.25) is 4.79 Å². The molecule has 5 heteroatoms. The number of para-hydroxylation sites is 2. The van der Waals surface area contributed by atoms with Crippen LogP contribution in [0.1, 0.15) is 38.5 Å². The van der Waals surface area contributed by atoms with E-state index in [0.717, 1.165) is 18.5 Å². The molecule has 0 aromatic heterocycles. The van der Waals surface area contributed by atoms with E-state index in [4.69, 9.17) is 4.74 Å². The number of anilines is 1. The Hall–Kier alpha value is -2.04. The van der Waals surface area contributed by atoms with Crippen molar-refractivity contribution in [2.45, 2.75) is 50.6 Å². The van der Waals surface area contributed by atoms with Gasteiger partial charge in [0.15, 0.2) is 5.75 Å². The van der Waals surface area contributed by atoms with E-state index in [0.29, 0.717) is 5.75 Å². The summed E-state index contributed by atoms with van der Waals surface area (Å²) in [6, 6.07) is 6.90. The summed E-state index contributed by atoms with van der Waals surface area (Å²) in [5.74, 6) is 0.0367. The molecule has 0 radical (unpaired) electrons. The summed E-state index contributed by atoms with van der Waals surface area (Å²) < 4.78 is 5.25. The molecule has 2 N–H and O–H groups in total. The van der Waals surface area contributed by atoms with Crippen LogP contribution in [-0.4, -0.2) is 24.0 Å². The number of ether oxygens (including phenoxy) is 1. The van der Waals surface area contributed by atoms with Crippen molar-refractivity contribution >= 4 is 17.6 Å². The number of benzene rings is 1. The molecular weight excluding hydrogens is 268 g/mol. The first-order valence-corrected chi connectivity index (χ1v) is 7.59. The average molecular weight is 288 g/mol. The number of nitrogens with one attached hydrogen (secondary N) is 2. The number of rotatable bonds is 3. The maximum atomic E-state index is 12.1. The molecule has 2 aliphatic rings. The molecule has 0 spiro atoms. The molecule has 1 aliphatic carbocycles. The van der Waals surface area contributed by atoms with Crippen molar-refractivity contribution in [3.63, 3.8) is 0 Å². The van der Waals surface area contributed by atoms with E-state index in [1.165, 1.54) is 19.3 Å². The fourth-order valence-corrected chi connectivity index (χ4v) is 2.95. The maximum Gasteiger partial charge on any atom is 0.334 e. The van der Waals surface area contributed by atoms with E-state index in [2.05, 4.69) is 10.6 Å². The van der Waals surface area contributed by atoms with Crippen LogP contribution in [-0.2, 0) is 9.59 Å². The standard InChI is InChI=1S/C16H20N2O3/c19-15(17-11-6-2-1-3-7-11)10-13-16(20)21-14-9-5-4-8-12(14)18-13/h4-5,8-9,11,13,18H,1-3,6-7,10H2,(H,17,19)/t13-/m0/s1. The van der Waals surface area contributed by atoms with Crippen molar-refractivity contribution in [1.82, 2.24) is 5.32 Å². The number of carbonyl (C=O) groups is 2. The molecule has 1 fully saturated rings. The van der Waals surface area contributed by atoms with Gasteiger partial charge in [0.1, 0.15) is 6.04 Å². The molecule has 5 nitrogen and oxygen atoms in total. The second-order valence-corrected chi connectivity index (χ2v) is 5.72. The van der Waals surface area contributed by atoms with Crippen LogP contribution < -0.4 is 15.4 Å². The Bertz CT molecular complexity index is 538. The second-order valence-electron chi connectivity index (χ2n) is 5.72. The Morgan fingerprint density at radius 2 is 2.00 bits per heavy atom. The average Bonchev–Trinajstić information content (AvgIpc) is 2.49. The zero-order chi connectivity index (χ0) is 14.7. The van der Waals surface area contributed by atoms with E-state index in [1.54, 1.807) is 6.07 Å². The molecule has 1 atom stereocenters. The van der Waals surface area contributed by atoms with Crippen LogP contribution in [0.4, 0.5) is 5.69 Å². The van der Waals surface area contributed by atoms with Crippen molar-refractivity contribution in [2.75, 3.05) is 5.32 Å². The third kappa shape index (κ3) is 3.35. The van der Waals surface area contributed by atoms with Crippen LogP contribution in [0.3, 0.4) is 0 Å². The lowest BCUT2D eigenvalue weighted by molar-refractivity contribution is -0.138. The topological polar surface area (TPSA) is 67.4 Å². The normalized spacial score (nSPS) is 21.9. The molecule has 1 aromatic rings. The monoisotopic (exact) mass is 288 g/mol. The number of amides is 1. The molecule has 1 saturated carbocycles. The van der Waals surface area contributed by atoms with Crippen LogP contribution >= 0.6 is 0 Å². The third-order valence-corrected chi connectivity index (χ3v) is 4.07. The zero-order valence-corrected chi connectivity index (χ0v) is 11.9. The molecule has 0 unspecified atom stereocenters. The molecule has 112 valence electrons. The Balaban J connectivity index is 1.57. The van der Waals surface area contributed by atoms with Gasteiger partial charge in [-0.15, -0.1) is 0 Å². The zero-order valence-electron chi connectivity index (χ0n) is 11.9. The molecule has 1 heterocycles. The van der Waals surface area contributed by atoms with Crippen molar-refractivity contribution in [3.8, 4) is 5.75 Å². The number of hydrogen-bond donors (Lipinski definition) is 2. The summed E-state index contributed by atoms with van der Waals surface area (Å²) in [5.41, 5.74) is 0.757. The van der Waals surface area contributed by atoms with Gasteiger partial charge in [-0.1, -0.05) is 31.4 Å². The molecule has 3 rings (SSSR count). The first-order valence-electron chi connectivity index (χ1n) is 7.59. The summed E-state index contributed by atoms with van der Waals surface area (Å²) in [7, 11) is 0. The number of esters is 1. The number of fused-ring (bicyclic) bond motifs is 1. The molecule has 1 aliphatic heterocycles. The Kier molecular flexibility index (Phi) is 4.08. The highest BCUT2D eigenvalue weighted by Crippen LogP contribution is 2.29. The minimum absolute atomic E-state index is 0.0873. The van der Waals surface area contributed by atoms with Gasteiger partial charge in [-0.05, 0) is 25.0 Å². The third-order valence-electron chi connectivity index (χ3n) is 4.07. The van der Waals surface area contributed by atoms with Crippen LogP contribution in [0.5, 0.6) is 5.75 Å². The fourth-order valence-electron chi connectivity index (χ4n) is 2.95. The van der Waals surface area contributed by atoms with Crippen molar-refractivity contribution in [2.24, 2.45) is 0 Å². The molecular formula is C16H20N2O3. The summed E-state index contributed by atoms with van der Waals surface area (Å²) in [5, 5.41) is 6.10. The largest absolute Gasteiger partial charge is 0.423 e. The van der Waals surface area contributed by atoms with Gasteiger partial charge >= 0.3 is 5.97 Å². The first-order chi connectivity index (χ1) is 10.2. The lowest BCUT2D eigenvalue weighted by atomic mass is 9.95. The minimum Gasteiger partial charge on any atom is -0.423 e. The van der Waals surface area contributed by atoms with E-state index in [9.17, 15) is 9.59 Å². The summed E-state index contributed by atoms with van der Waals surface area (Å²) >= 11 is 0. The van der Waals surface area contributed by atoms with Gasteiger partial charge in [-0.2, -0.15) is 0 Å². The minimum atomic E-state index is -0.608. The summed E-state index contributed by atoms with van der Waals surface area (Å²) in [6.45, 7) is 0. The highest BCUT2D eigenvalue weighted by molar-refractivity contribution is 5.91. The Morgan fingerprint density at radius 1 is 1.24 bits per heavy atom. The van der Waals surface area contributed by atoms with Gasteiger partial charge in [0.2, 0.25) is 5.91 Å². The predicted molar refractivity (Wildman–Crippen MR) is 79.1 cm³/mol. The lowest BCUT2D eigenvalue weighted by Crippen LogP contribution is -2.44. The lowest BCUT2D eigenvalue weighted by Gasteiger charge is -2.27. The van der Waals surface area contributed by atoms with Crippen LogP contribution in [0, 0.1) is 0 Å². The van der Waals surface area contributed by atoms with Gasteiger partial charge in [-0.25, -0.2) is 4.79 Å². The number of carbonyl (C=O) groups excluding carboxylic acids is 2. The second kappa shape index (κ2) is 6.16. The van der Waals surface area contributed by atoms with Crippen molar-refractivity contribution in [3.05, 3.63) is 24.3 Å². The Morgan fingerprint density at radius 3 is 2.81 bits per heavy atom. The molecule has 21 heavy (non-hydrogen) atoms. The highest BCUT2D eigenvalue weighted by Gasteiger charge is 2.30. The molecule has 1 amide bonds. The van der Waals surface area contributed by atoms with E-state index >= 15 is 0 Å². The van der Waals surface area contributed by atoms with E-state index in [1.807, 2.05) is 18.2 Å². The van der Waals surface area contributed by atoms with Crippen LogP contribution in [0.15, 0.2) is 24.3 Å². The van der Waals surface area contributed by atoms with Crippen molar-refractivity contribution < 1.29 is 14.3 Å². The van der Waals surface area contributed by atoms with Crippen molar-refractivity contribution in [1.29, 1.82) is 0 Å². The summed E-state index contributed by atoms with van der Waals surface area (Å²) in [4.78, 5) is 24.0. The Labute approximate surface area is 124 Å². The predicted octanol–water partition coefficient (Wildman–Crippen LogP) is 2.23. The van der Waals surface area contributed by atoms with Gasteiger partial charge in [0.25, 0.3) is 0 Å². The van der Waals surface area contributed by atoms with Crippen LogP contribution in [0.25, 0.3) is 0 Å². The smallest absolute Gasteiger partial charge is 0.334 e. The summed E-state index contributed by atoms with van der Waals surface area (Å²) in [6.07, 6.45) is 5.78. The van der Waals surface area contributed by atoms with Crippen LogP contribution in [0.2, 0.25) is 0 Å². The number of hydrogen-bond acceptors (Lipinski definition) is 4. The molecule has 1 aromatic carbocycles. The fraction of sp³-hybridized carbons (Fsp3) is 0.500. The van der Waals surface area contributed by atoms with E-state index in [-0.39, 0.29) is 18.4 Å².